The van der Waals surface area contributed by atoms with Gasteiger partial charge in [0, 0.05) is 25.5 Å². The summed E-state index contributed by atoms with van der Waals surface area (Å²) in [5.74, 6) is 0.495. The van der Waals surface area contributed by atoms with Crippen LogP contribution in [0.2, 0.25) is 0 Å². The number of aromatic hydroxyl groups is 1. The number of carbonyl (C=O) groups excluding carboxylic acids is 1. The first-order valence-electron chi connectivity index (χ1n) is 7.84. The molecule has 0 spiro atoms. The molecule has 0 aromatic carbocycles. The molecule has 1 aliphatic rings. The first-order valence-corrected chi connectivity index (χ1v) is 7.84. The lowest BCUT2D eigenvalue weighted by molar-refractivity contribution is -0.00546. The van der Waals surface area contributed by atoms with Crippen molar-refractivity contribution in [2.75, 3.05) is 23.3 Å². The van der Waals surface area contributed by atoms with E-state index >= 15 is 0 Å². The summed E-state index contributed by atoms with van der Waals surface area (Å²) in [6.45, 7) is 5.60. The molecular formula is C17H20N4O3. The normalized spacial score (nSPS) is 20.7. The molecule has 1 amide bonds. The van der Waals surface area contributed by atoms with Crippen LogP contribution in [0.15, 0.2) is 36.7 Å². The molecule has 0 bridgehead atoms. The minimum absolute atomic E-state index is 0.0771. The zero-order valence-electron chi connectivity index (χ0n) is 13.6. The van der Waals surface area contributed by atoms with Crippen LogP contribution in [0, 0.1) is 0 Å². The topological polar surface area (TPSA) is 87.6 Å². The number of nitrogens with one attached hydrogen (secondary N) is 1. The minimum atomic E-state index is -0.369. The van der Waals surface area contributed by atoms with Crippen LogP contribution < -0.4 is 10.2 Å². The third kappa shape index (κ3) is 3.62. The molecule has 3 heterocycles. The average molecular weight is 328 g/mol. The second kappa shape index (κ2) is 6.84. The van der Waals surface area contributed by atoms with Gasteiger partial charge in [0.1, 0.15) is 5.82 Å². The van der Waals surface area contributed by atoms with E-state index in [-0.39, 0.29) is 29.7 Å². The van der Waals surface area contributed by atoms with Crippen LogP contribution >= 0.6 is 0 Å². The maximum atomic E-state index is 12.2. The predicted octanol–water partition coefficient (Wildman–Crippen LogP) is 2.05. The molecule has 126 valence electrons. The summed E-state index contributed by atoms with van der Waals surface area (Å²) in [5.41, 5.74) is 0.401. The van der Waals surface area contributed by atoms with Crippen molar-refractivity contribution < 1.29 is 14.6 Å². The SMILES string of the molecule is C[C@@H]1CN(c2ccc(C(=O)Nc3ncccc3O)cn2)C[C@H](C)O1. The fraction of sp³-hybridized carbons (Fsp3) is 0.353. The number of rotatable bonds is 3. The first kappa shape index (κ1) is 16.2. The number of amides is 1. The molecule has 1 aliphatic heterocycles. The van der Waals surface area contributed by atoms with E-state index in [0.29, 0.717) is 5.56 Å². The first-order chi connectivity index (χ1) is 11.5. The number of aromatic nitrogens is 2. The van der Waals surface area contributed by atoms with Gasteiger partial charge in [0.25, 0.3) is 5.91 Å². The molecule has 0 aliphatic carbocycles. The number of anilines is 2. The number of hydrogen-bond donors (Lipinski definition) is 2. The van der Waals surface area contributed by atoms with Crippen LogP contribution in [0.1, 0.15) is 24.2 Å². The third-order valence-electron chi connectivity index (χ3n) is 3.77. The van der Waals surface area contributed by atoms with Gasteiger partial charge in [0.05, 0.1) is 17.8 Å². The number of nitrogens with zero attached hydrogens (tertiary/aromatic N) is 3. The molecular weight excluding hydrogens is 308 g/mol. The van der Waals surface area contributed by atoms with Crippen molar-refractivity contribution in [3.63, 3.8) is 0 Å². The molecule has 0 unspecified atom stereocenters. The van der Waals surface area contributed by atoms with Crippen LogP contribution in [-0.4, -0.2) is 46.3 Å². The summed E-state index contributed by atoms with van der Waals surface area (Å²) in [5, 5.41) is 12.2. The Morgan fingerprint density at radius 1 is 1.25 bits per heavy atom. The highest BCUT2D eigenvalue weighted by molar-refractivity contribution is 6.04. The monoisotopic (exact) mass is 328 g/mol. The van der Waals surface area contributed by atoms with Gasteiger partial charge in [-0.3, -0.25) is 4.79 Å². The van der Waals surface area contributed by atoms with E-state index in [0.717, 1.165) is 18.9 Å². The Balaban J connectivity index is 1.70. The molecule has 0 saturated carbocycles. The average Bonchev–Trinajstić information content (AvgIpc) is 2.56. The van der Waals surface area contributed by atoms with Crippen molar-refractivity contribution in [2.24, 2.45) is 0 Å². The van der Waals surface area contributed by atoms with Crippen LogP contribution in [-0.2, 0) is 4.74 Å². The number of hydrogen-bond acceptors (Lipinski definition) is 6. The molecule has 2 aromatic rings. The van der Waals surface area contributed by atoms with E-state index in [1.54, 1.807) is 12.1 Å². The molecule has 2 atom stereocenters. The summed E-state index contributed by atoms with van der Waals surface area (Å²) in [6, 6.07) is 6.58. The van der Waals surface area contributed by atoms with Gasteiger partial charge in [0.15, 0.2) is 11.6 Å². The minimum Gasteiger partial charge on any atom is -0.504 e. The predicted molar refractivity (Wildman–Crippen MR) is 90.3 cm³/mol. The van der Waals surface area contributed by atoms with E-state index in [9.17, 15) is 9.90 Å². The Bertz CT molecular complexity index is 710. The third-order valence-corrected chi connectivity index (χ3v) is 3.77. The van der Waals surface area contributed by atoms with Crippen LogP contribution in [0.3, 0.4) is 0 Å². The van der Waals surface area contributed by atoms with Gasteiger partial charge in [-0.1, -0.05) is 0 Å². The fourth-order valence-electron chi connectivity index (χ4n) is 2.75. The fourth-order valence-corrected chi connectivity index (χ4v) is 2.75. The van der Waals surface area contributed by atoms with Crippen molar-refractivity contribution in [1.82, 2.24) is 9.97 Å². The summed E-state index contributed by atoms with van der Waals surface area (Å²) in [6.07, 6.45) is 3.31. The maximum absolute atomic E-state index is 12.2. The smallest absolute Gasteiger partial charge is 0.258 e. The highest BCUT2D eigenvalue weighted by Crippen LogP contribution is 2.21. The molecule has 7 heteroatoms. The zero-order chi connectivity index (χ0) is 17.1. The molecule has 7 nitrogen and oxygen atoms in total. The van der Waals surface area contributed by atoms with Crippen molar-refractivity contribution in [3.8, 4) is 5.75 Å². The molecule has 2 aromatic heterocycles. The Morgan fingerprint density at radius 2 is 2.00 bits per heavy atom. The van der Waals surface area contributed by atoms with Gasteiger partial charge in [-0.2, -0.15) is 0 Å². The molecule has 2 N–H and O–H groups in total. The lowest BCUT2D eigenvalue weighted by Crippen LogP contribution is -2.45. The van der Waals surface area contributed by atoms with Gasteiger partial charge in [0.2, 0.25) is 0 Å². The van der Waals surface area contributed by atoms with Gasteiger partial charge >= 0.3 is 0 Å². The molecule has 24 heavy (non-hydrogen) atoms. The van der Waals surface area contributed by atoms with Crippen molar-refractivity contribution in [3.05, 3.63) is 42.2 Å². The van der Waals surface area contributed by atoms with Crippen LogP contribution in [0.25, 0.3) is 0 Å². The highest BCUT2D eigenvalue weighted by Gasteiger charge is 2.23. The number of morpholine rings is 1. The van der Waals surface area contributed by atoms with Crippen LogP contribution in [0.5, 0.6) is 5.75 Å². The number of carbonyl (C=O) groups is 1. The Labute approximate surface area is 140 Å². The molecule has 0 radical (unpaired) electrons. The van der Waals surface area contributed by atoms with Gasteiger partial charge in [-0.15, -0.1) is 0 Å². The summed E-state index contributed by atoms with van der Waals surface area (Å²) < 4.78 is 5.71. The quantitative estimate of drug-likeness (QED) is 0.896. The standard InChI is InChI=1S/C17H20N4O3/c1-11-9-21(10-12(2)24-11)15-6-5-13(8-19-15)17(23)20-16-14(22)4-3-7-18-16/h3-8,11-12,22H,9-10H2,1-2H3,(H,18,20,23)/t11-,12+. The molecule has 3 rings (SSSR count). The number of pyridine rings is 2. The van der Waals surface area contributed by atoms with Crippen molar-refractivity contribution in [1.29, 1.82) is 0 Å². The van der Waals surface area contributed by atoms with E-state index < -0.39 is 0 Å². The Hall–Kier alpha value is -2.67. The van der Waals surface area contributed by atoms with E-state index in [1.165, 1.54) is 18.5 Å². The van der Waals surface area contributed by atoms with Crippen LogP contribution in [0.4, 0.5) is 11.6 Å². The van der Waals surface area contributed by atoms with E-state index in [1.807, 2.05) is 19.9 Å². The summed E-state index contributed by atoms with van der Waals surface area (Å²) in [7, 11) is 0. The van der Waals surface area contributed by atoms with Gasteiger partial charge in [-0.25, -0.2) is 9.97 Å². The Kier molecular flexibility index (Phi) is 4.61. The second-order valence-corrected chi connectivity index (χ2v) is 5.89. The van der Waals surface area contributed by atoms with E-state index in [4.69, 9.17) is 4.74 Å². The van der Waals surface area contributed by atoms with Crippen molar-refractivity contribution in [2.45, 2.75) is 26.1 Å². The highest BCUT2D eigenvalue weighted by atomic mass is 16.5. The Morgan fingerprint density at radius 3 is 2.62 bits per heavy atom. The largest absolute Gasteiger partial charge is 0.504 e. The maximum Gasteiger partial charge on any atom is 0.258 e. The van der Waals surface area contributed by atoms with Gasteiger partial charge < -0.3 is 20.1 Å². The lowest BCUT2D eigenvalue weighted by Gasteiger charge is -2.36. The number of ether oxygens (including phenoxy) is 1. The zero-order valence-corrected chi connectivity index (χ0v) is 13.6. The second-order valence-electron chi connectivity index (χ2n) is 5.89. The van der Waals surface area contributed by atoms with E-state index in [2.05, 4.69) is 20.2 Å². The molecule has 1 saturated heterocycles. The summed E-state index contributed by atoms with van der Waals surface area (Å²) >= 11 is 0. The summed E-state index contributed by atoms with van der Waals surface area (Å²) in [4.78, 5) is 22.7. The van der Waals surface area contributed by atoms with Gasteiger partial charge in [-0.05, 0) is 38.1 Å². The molecule has 1 fully saturated rings. The lowest BCUT2D eigenvalue weighted by atomic mass is 10.2. The van der Waals surface area contributed by atoms with Crippen molar-refractivity contribution >= 4 is 17.5 Å².